The van der Waals surface area contributed by atoms with Gasteiger partial charge in [-0.1, -0.05) is 0 Å². The standard InChI is InChI=1S/C24H25NO7S/c1-14-23-16(11-25(13-31-23)17-6-7-33(27,28)12-17)8-19-22(26)21(32-24(14)19)9-15-4-5-18(29-2)10-20(15)30-3/h4-5,8-10,17H,6-7,11-13H2,1-3H3/b21-9-/t17-/m1/s1. The van der Waals surface area contributed by atoms with Gasteiger partial charge in [-0.05, 0) is 37.6 Å². The van der Waals surface area contributed by atoms with E-state index in [1.807, 2.05) is 17.9 Å². The van der Waals surface area contributed by atoms with E-state index in [-0.39, 0.29) is 29.1 Å². The third kappa shape index (κ3) is 3.85. The van der Waals surface area contributed by atoms with E-state index in [0.717, 1.165) is 11.1 Å². The Morgan fingerprint density at radius 1 is 1.15 bits per heavy atom. The number of fused-ring (bicyclic) bond motifs is 2. The highest BCUT2D eigenvalue weighted by molar-refractivity contribution is 7.91. The number of rotatable bonds is 4. The number of sulfone groups is 1. The summed E-state index contributed by atoms with van der Waals surface area (Å²) in [5.74, 6) is 2.75. The summed E-state index contributed by atoms with van der Waals surface area (Å²) >= 11 is 0. The molecule has 2 aromatic rings. The van der Waals surface area contributed by atoms with Crippen LogP contribution >= 0.6 is 0 Å². The predicted octanol–water partition coefficient (Wildman–Crippen LogP) is 2.97. The zero-order valence-corrected chi connectivity index (χ0v) is 19.5. The van der Waals surface area contributed by atoms with E-state index < -0.39 is 9.84 Å². The van der Waals surface area contributed by atoms with Crippen LogP contribution in [-0.2, 0) is 16.4 Å². The smallest absolute Gasteiger partial charge is 0.231 e. The van der Waals surface area contributed by atoms with Crippen molar-refractivity contribution in [2.45, 2.75) is 25.9 Å². The van der Waals surface area contributed by atoms with Gasteiger partial charge < -0.3 is 18.9 Å². The van der Waals surface area contributed by atoms with Gasteiger partial charge in [0.2, 0.25) is 5.78 Å². The highest BCUT2D eigenvalue weighted by Crippen LogP contribution is 2.44. The molecule has 3 aliphatic heterocycles. The molecule has 5 rings (SSSR count). The predicted molar refractivity (Wildman–Crippen MR) is 122 cm³/mol. The highest BCUT2D eigenvalue weighted by atomic mass is 32.2. The fraction of sp³-hybridized carbons (Fsp3) is 0.375. The number of nitrogens with zero attached hydrogens (tertiary/aromatic N) is 1. The number of benzene rings is 2. The minimum absolute atomic E-state index is 0.0679. The van der Waals surface area contributed by atoms with Crippen LogP contribution in [0.3, 0.4) is 0 Å². The fourth-order valence-corrected chi connectivity index (χ4v) is 6.40. The molecule has 0 bridgehead atoms. The second-order valence-electron chi connectivity index (χ2n) is 8.49. The largest absolute Gasteiger partial charge is 0.497 e. The minimum atomic E-state index is -2.99. The van der Waals surface area contributed by atoms with Crippen LogP contribution in [-0.4, -0.2) is 57.6 Å². The summed E-state index contributed by atoms with van der Waals surface area (Å²) in [6, 6.07) is 7.08. The van der Waals surface area contributed by atoms with Gasteiger partial charge in [-0.15, -0.1) is 0 Å². The lowest BCUT2D eigenvalue weighted by atomic mass is 9.99. The van der Waals surface area contributed by atoms with Gasteiger partial charge in [0, 0.05) is 35.3 Å². The van der Waals surface area contributed by atoms with Crippen molar-refractivity contribution in [1.82, 2.24) is 4.90 Å². The van der Waals surface area contributed by atoms with E-state index in [1.165, 1.54) is 0 Å². The van der Waals surface area contributed by atoms with Gasteiger partial charge in [-0.3, -0.25) is 9.69 Å². The van der Waals surface area contributed by atoms with Crippen molar-refractivity contribution in [3.8, 4) is 23.0 Å². The van der Waals surface area contributed by atoms with Crippen LogP contribution in [0.15, 0.2) is 30.0 Å². The molecule has 0 radical (unpaired) electrons. The molecule has 174 valence electrons. The zero-order valence-electron chi connectivity index (χ0n) is 18.7. The lowest BCUT2D eigenvalue weighted by Gasteiger charge is -2.33. The molecule has 0 saturated carbocycles. The van der Waals surface area contributed by atoms with Crippen LogP contribution in [0.25, 0.3) is 6.08 Å². The van der Waals surface area contributed by atoms with Crippen LogP contribution in [0.2, 0.25) is 0 Å². The van der Waals surface area contributed by atoms with Gasteiger partial charge in [-0.2, -0.15) is 0 Å². The number of ketones is 1. The molecule has 2 aromatic carbocycles. The van der Waals surface area contributed by atoms with Gasteiger partial charge in [0.15, 0.2) is 15.6 Å². The summed E-state index contributed by atoms with van der Waals surface area (Å²) in [5.41, 5.74) is 2.80. The van der Waals surface area contributed by atoms with Crippen molar-refractivity contribution in [3.05, 3.63) is 52.3 Å². The first-order valence-electron chi connectivity index (χ1n) is 10.7. The lowest BCUT2D eigenvalue weighted by Crippen LogP contribution is -2.41. The number of hydrogen-bond donors (Lipinski definition) is 0. The average molecular weight is 472 g/mol. The van der Waals surface area contributed by atoms with E-state index >= 15 is 0 Å². The van der Waals surface area contributed by atoms with Crippen molar-refractivity contribution in [2.75, 3.05) is 32.5 Å². The first-order valence-corrected chi connectivity index (χ1v) is 12.5. The molecule has 1 saturated heterocycles. The first-order chi connectivity index (χ1) is 15.8. The van der Waals surface area contributed by atoms with Gasteiger partial charge in [0.1, 0.15) is 29.7 Å². The van der Waals surface area contributed by atoms with Gasteiger partial charge in [-0.25, -0.2) is 8.42 Å². The molecule has 3 aliphatic rings. The SMILES string of the molecule is COc1ccc(/C=C2\Oc3c(cc4c(c3C)OCN([C@@H]3CCS(=O)(=O)C3)C4)C2=O)c(OC)c1. The molecule has 0 aromatic heterocycles. The fourth-order valence-electron chi connectivity index (χ4n) is 4.64. The molecule has 1 fully saturated rings. The zero-order chi connectivity index (χ0) is 23.3. The number of ether oxygens (including phenoxy) is 4. The van der Waals surface area contributed by atoms with Crippen molar-refractivity contribution >= 4 is 21.7 Å². The normalized spacial score (nSPS) is 22.5. The van der Waals surface area contributed by atoms with Crippen LogP contribution in [0, 0.1) is 6.92 Å². The van der Waals surface area contributed by atoms with E-state index in [0.29, 0.717) is 53.8 Å². The number of hydrogen-bond acceptors (Lipinski definition) is 8. The topological polar surface area (TPSA) is 91.4 Å². The molecule has 9 heteroatoms. The molecule has 33 heavy (non-hydrogen) atoms. The average Bonchev–Trinajstić information content (AvgIpc) is 3.33. The molecule has 0 aliphatic carbocycles. The maximum atomic E-state index is 13.2. The third-order valence-corrected chi connectivity index (χ3v) is 8.17. The Morgan fingerprint density at radius 3 is 2.67 bits per heavy atom. The third-order valence-electron chi connectivity index (χ3n) is 6.42. The van der Waals surface area contributed by atoms with Crippen molar-refractivity contribution < 1.29 is 32.2 Å². The van der Waals surface area contributed by atoms with E-state index in [1.54, 1.807) is 38.5 Å². The van der Waals surface area contributed by atoms with Crippen LogP contribution < -0.4 is 18.9 Å². The molecule has 8 nitrogen and oxygen atoms in total. The molecule has 0 N–H and O–H groups in total. The van der Waals surface area contributed by atoms with E-state index in [2.05, 4.69) is 0 Å². The Labute approximate surface area is 192 Å². The van der Waals surface area contributed by atoms with E-state index in [9.17, 15) is 13.2 Å². The number of carbonyl (C=O) groups is 1. The van der Waals surface area contributed by atoms with Crippen molar-refractivity contribution in [1.29, 1.82) is 0 Å². The number of allylic oxidation sites excluding steroid dienone is 1. The maximum Gasteiger partial charge on any atom is 0.231 e. The Bertz CT molecular complexity index is 1280. The summed E-state index contributed by atoms with van der Waals surface area (Å²) in [7, 11) is 0.138. The number of Topliss-reactive ketones (excluding diaryl/α,β-unsaturated/α-hetero) is 1. The van der Waals surface area contributed by atoms with Crippen molar-refractivity contribution in [2.24, 2.45) is 0 Å². The number of carbonyl (C=O) groups excluding carboxylic acids is 1. The molecular formula is C24H25NO7S. The Morgan fingerprint density at radius 2 is 1.97 bits per heavy atom. The molecule has 1 atom stereocenters. The van der Waals surface area contributed by atoms with Gasteiger partial charge in [0.05, 0.1) is 31.3 Å². The first kappa shape index (κ1) is 21.8. The second-order valence-corrected chi connectivity index (χ2v) is 10.7. The molecular weight excluding hydrogens is 446 g/mol. The van der Waals surface area contributed by atoms with Crippen LogP contribution in [0.5, 0.6) is 23.0 Å². The summed E-state index contributed by atoms with van der Waals surface area (Å²) in [6.07, 6.45) is 2.26. The summed E-state index contributed by atoms with van der Waals surface area (Å²) in [5, 5.41) is 0. The quantitative estimate of drug-likeness (QED) is 0.629. The maximum absolute atomic E-state index is 13.2. The van der Waals surface area contributed by atoms with Crippen LogP contribution in [0.1, 0.15) is 33.5 Å². The summed E-state index contributed by atoms with van der Waals surface area (Å²) < 4.78 is 46.4. The molecule has 0 unspecified atom stereocenters. The number of methoxy groups -OCH3 is 2. The Kier molecular flexibility index (Phi) is 5.33. The molecule has 0 spiro atoms. The lowest BCUT2D eigenvalue weighted by molar-refractivity contribution is 0.0637. The van der Waals surface area contributed by atoms with Gasteiger partial charge in [0.25, 0.3) is 0 Å². The monoisotopic (exact) mass is 471 g/mol. The second kappa shape index (κ2) is 8.07. The van der Waals surface area contributed by atoms with E-state index in [4.69, 9.17) is 18.9 Å². The van der Waals surface area contributed by atoms with Crippen LogP contribution in [0.4, 0.5) is 0 Å². The summed E-state index contributed by atoms with van der Waals surface area (Å²) in [4.78, 5) is 15.2. The summed E-state index contributed by atoms with van der Waals surface area (Å²) in [6.45, 7) is 2.71. The Balaban J connectivity index is 1.45. The van der Waals surface area contributed by atoms with Gasteiger partial charge >= 0.3 is 0 Å². The van der Waals surface area contributed by atoms with Crippen molar-refractivity contribution in [3.63, 3.8) is 0 Å². The highest BCUT2D eigenvalue weighted by Gasteiger charge is 2.37. The molecule has 3 heterocycles. The minimum Gasteiger partial charge on any atom is -0.497 e. The molecule has 0 amide bonds. The Hall–Kier alpha value is -3.04.